The van der Waals surface area contributed by atoms with Crippen molar-refractivity contribution in [1.82, 2.24) is 4.90 Å². The van der Waals surface area contributed by atoms with E-state index in [0.29, 0.717) is 5.92 Å². The van der Waals surface area contributed by atoms with Gasteiger partial charge in [-0.1, -0.05) is 23.7 Å². The van der Waals surface area contributed by atoms with Crippen LogP contribution >= 0.6 is 11.6 Å². The highest BCUT2D eigenvalue weighted by atomic mass is 35.5. The maximum absolute atomic E-state index is 8.09. The number of anilines is 1. The quantitative estimate of drug-likeness (QED) is 0.657. The number of nitrogens with one attached hydrogen (secondary N) is 1. The van der Waals surface area contributed by atoms with Crippen LogP contribution in [0, 0.1) is 11.3 Å². The summed E-state index contributed by atoms with van der Waals surface area (Å²) in [6.45, 7) is 3.80. The van der Waals surface area contributed by atoms with E-state index in [9.17, 15) is 0 Å². The van der Waals surface area contributed by atoms with Crippen LogP contribution in [0.4, 0.5) is 5.69 Å². The van der Waals surface area contributed by atoms with Gasteiger partial charge >= 0.3 is 0 Å². The number of amidine groups is 1. The molecule has 0 amide bonds. The molecule has 0 aromatic heterocycles. The van der Waals surface area contributed by atoms with Crippen molar-refractivity contribution < 1.29 is 0 Å². The highest BCUT2D eigenvalue weighted by Gasteiger charge is 2.31. The van der Waals surface area contributed by atoms with Crippen molar-refractivity contribution in [2.75, 3.05) is 31.1 Å². The molecule has 2 aliphatic rings. The number of halogens is 1. The molecule has 3 nitrogen and oxygen atoms in total. The third-order valence-electron chi connectivity index (χ3n) is 3.78. The van der Waals surface area contributed by atoms with Crippen LogP contribution in [0.1, 0.15) is 12.8 Å². The van der Waals surface area contributed by atoms with Gasteiger partial charge < -0.3 is 9.80 Å². The standard InChI is InChI=1S/C14H18ClN3/c15-12-3-1-2-4-13(12)17-7-9-18(10-8-17)14(16)11-5-6-11/h1-4,11,16H,5-10H2. The summed E-state index contributed by atoms with van der Waals surface area (Å²) in [5, 5.41) is 8.92. The monoisotopic (exact) mass is 263 g/mol. The minimum Gasteiger partial charge on any atom is -0.367 e. The normalized spacial score (nSPS) is 20.1. The second-order valence-electron chi connectivity index (χ2n) is 5.09. The number of para-hydroxylation sites is 1. The van der Waals surface area contributed by atoms with Gasteiger partial charge in [-0.15, -0.1) is 0 Å². The zero-order valence-electron chi connectivity index (χ0n) is 10.4. The third-order valence-corrected chi connectivity index (χ3v) is 4.10. The average Bonchev–Trinajstić information content (AvgIpc) is 3.23. The first-order valence-corrected chi connectivity index (χ1v) is 6.96. The molecule has 1 saturated carbocycles. The van der Waals surface area contributed by atoms with Gasteiger partial charge in [-0.25, -0.2) is 0 Å². The zero-order valence-corrected chi connectivity index (χ0v) is 11.2. The molecule has 0 radical (unpaired) electrons. The molecule has 1 aliphatic heterocycles. The Kier molecular flexibility index (Phi) is 3.16. The molecule has 4 heteroatoms. The molecule has 1 aromatic carbocycles. The summed E-state index contributed by atoms with van der Waals surface area (Å²) in [6.07, 6.45) is 2.42. The fourth-order valence-electron chi connectivity index (χ4n) is 2.51. The summed E-state index contributed by atoms with van der Waals surface area (Å²) >= 11 is 6.22. The summed E-state index contributed by atoms with van der Waals surface area (Å²) in [5.41, 5.74) is 1.12. The summed E-state index contributed by atoms with van der Waals surface area (Å²) in [7, 11) is 0. The van der Waals surface area contributed by atoms with Crippen LogP contribution in [0.15, 0.2) is 24.3 Å². The SMILES string of the molecule is N=C(C1CC1)N1CCN(c2ccccc2Cl)CC1. The van der Waals surface area contributed by atoms with Gasteiger partial charge in [0.25, 0.3) is 0 Å². The lowest BCUT2D eigenvalue weighted by Gasteiger charge is -2.37. The van der Waals surface area contributed by atoms with Gasteiger partial charge in [-0.2, -0.15) is 0 Å². The molecular formula is C14H18ClN3. The van der Waals surface area contributed by atoms with Crippen molar-refractivity contribution >= 4 is 23.1 Å². The number of hydrogen-bond acceptors (Lipinski definition) is 2. The molecule has 2 fully saturated rings. The van der Waals surface area contributed by atoms with Crippen molar-refractivity contribution in [3.63, 3.8) is 0 Å². The van der Waals surface area contributed by atoms with Crippen LogP contribution in [0.3, 0.4) is 0 Å². The Morgan fingerprint density at radius 1 is 1.11 bits per heavy atom. The lowest BCUT2D eigenvalue weighted by Crippen LogP contribution is -2.49. The van der Waals surface area contributed by atoms with Gasteiger partial charge in [0.2, 0.25) is 0 Å². The first-order chi connectivity index (χ1) is 8.75. The maximum Gasteiger partial charge on any atom is 0.0990 e. The maximum atomic E-state index is 8.09. The van der Waals surface area contributed by atoms with Crippen LogP contribution in [0.2, 0.25) is 5.02 Å². The molecule has 0 unspecified atom stereocenters. The number of hydrogen-bond donors (Lipinski definition) is 1. The topological polar surface area (TPSA) is 30.3 Å². The molecule has 1 heterocycles. The predicted octanol–water partition coefficient (Wildman–Crippen LogP) is 2.85. The lowest BCUT2D eigenvalue weighted by atomic mass is 10.2. The van der Waals surface area contributed by atoms with E-state index in [-0.39, 0.29) is 0 Å². The second-order valence-corrected chi connectivity index (χ2v) is 5.49. The Balaban J connectivity index is 1.63. The van der Waals surface area contributed by atoms with Gasteiger partial charge in [-0.05, 0) is 25.0 Å². The van der Waals surface area contributed by atoms with E-state index in [2.05, 4.69) is 15.9 Å². The third kappa shape index (κ3) is 2.32. The lowest BCUT2D eigenvalue weighted by molar-refractivity contribution is 0.374. The Hall–Kier alpha value is -1.22. The average molecular weight is 264 g/mol. The van der Waals surface area contributed by atoms with Crippen molar-refractivity contribution in [3.05, 3.63) is 29.3 Å². The van der Waals surface area contributed by atoms with Crippen LogP contribution in [0.5, 0.6) is 0 Å². The van der Waals surface area contributed by atoms with Gasteiger partial charge in [0.1, 0.15) is 0 Å². The van der Waals surface area contributed by atoms with E-state index in [0.717, 1.165) is 42.7 Å². The summed E-state index contributed by atoms with van der Waals surface area (Å²) in [5.74, 6) is 1.41. The smallest absolute Gasteiger partial charge is 0.0990 e. The van der Waals surface area contributed by atoms with Crippen LogP contribution in [-0.4, -0.2) is 36.9 Å². The molecule has 0 spiro atoms. The van der Waals surface area contributed by atoms with Gasteiger partial charge in [0.15, 0.2) is 0 Å². The molecule has 1 aliphatic carbocycles. The van der Waals surface area contributed by atoms with Crippen LogP contribution < -0.4 is 4.90 Å². The van der Waals surface area contributed by atoms with Crippen LogP contribution in [-0.2, 0) is 0 Å². The molecule has 1 N–H and O–H groups in total. The molecule has 1 saturated heterocycles. The molecule has 96 valence electrons. The number of rotatable bonds is 2. The first kappa shape index (κ1) is 11.8. The van der Waals surface area contributed by atoms with Crippen molar-refractivity contribution in [3.8, 4) is 0 Å². The summed E-state index contributed by atoms with van der Waals surface area (Å²) in [4.78, 5) is 4.55. The molecule has 3 rings (SSSR count). The summed E-state index contributed by atoms with van der Waals surface area (Å²) in [6, 6.07) is 8.00. The number of piperazine rings is 1. The largest absolute Gasteiger partial charge is 0.367 e. The molecular weight excluding hydrogens is 246 g/mol. The highest BCUT2D eigenvalue weighted by molar-refractivity contribution is 6.33. The van der Waals surface area contributed by atoms with E-state index in [1.165, 1.54) is 12.8 Å². The second kappa shape index (κ2) is 4.81. The van der Waals surface area contributed by atoms with Crippen LogP contribution in [0.25, 0.3) is 0 Å². The number of nitrogens with zero attached hydrogens (tertiary/aromatic N) is 2. The fraction of sp³-hybridized carbons (Fsp3) is 0.500. The van der Waals surface area contributed by atoms with Crippen molar-refractivity contribution in [1.29, 1.82) is 5.41 Å². The Labute approximate surface area is 113 Å². The van der Waals surface area contributed by atoms with E-state index in [4.69, 9.17) is 17.0 Å². The van der Waals surface area contributed by atoms with E-state index in [1.54, 1.807) is 0 Å². The number of benzene rings is 1. The van der Waals surface area contributed by atoms with E-state index in [1.807, 2.05) is 18.2 Å². The van der Waals surface area contributed by atoms with E-state index >= 15 is 0 Å². The van der Waals surface area contributed by atoms with Crippen molar-refractivity contribution in [2.45, 2.75) is 12.8 Å². The van der Waals surface area contributed by atoms with Gasteiger partial charge in [-0.3, -0.25) is 5.41 Å². The zero-order chi connectivity index (χ0) is 12.5. The Morgan fingerprint density at radius 2 is 1.78 bits per heavy atom. The summed E-state index contributed by atoms with van der Waals surface area (Å²) < 4.78 is 0. The van der Waals surface area contributed by atoms with E-state index < -0.39 is 0 Å². The molecule has 1 aromatic rings. The van der Waals surface area contributed by atoms with Gasteiger partial charge in [0.05, 0.1) is 16.5 Å². The minimum atomic E-state index is 0.553. The molecule has 0 bridgehead atoms. The molecule has 18 heavy (non-hydrogen) atoms. The minimum absolute atomic E-state index is 0.553. The highest BCUT2D eigenvalue weighted by Crippen LogP contribution is 2.32. The Bertz CT molecular complexity index is 448. The predicted molar refractivity (Wildman–Crippen MR) is 75.7 cm³/mol. The Morgan fingerprint density at radius 3 is 2.39 bits per heavy atom. The van der Waals surface area contributed by atoms with Gasteiger partial charge in [0, 0.05) is 32.1 Å². The first-order valence-electron chi connectivity index (χ1n) is 6.58. The molecule has 0 atom stereocenters. The van der Waals surface area contributed by atoms with Crippen molar-refractivity contribution in [2.24, 2.45) is 5.92 Å². The fourth-order valence-corrected chi connectivity index (χ4v) is 2.77.